The van der Waals surface area contributed by atoms with Crippen molar-refractivity contribution in [3.05, 3.63) is 17.3 Å². The highest BCUT2D eigenvalue weighted by Crippen LogP contribution is 2.36. The van der Waals surface area contributed by atoms with Crippen molar-refractivity contribution in [2.45, 2.75) is 37.6 Å². The topological polar surface area (TPSA) is 119 Å². The molecule has 3 aliphatic rings. The minimum atomic E-state index is -4.68. The van der Waals surface area contributed by atoms with Gasteiger partial charge in [0.1, 0.15) is 6.04 Å². The molecule has 2 saturated heterocycles. The van der Waals surface area contributed by atoms with Gasteiger partial charge in [-0.2, -0.15) is 13.2 Å². The molecule has 1 aromatic rings. The molecule has 0 bridgehead atoms. The molecular weight excluding hydrogens is 519 g/mol. The zero-order valence-corrected chi connectivity index (χ0v) is 21.1. The number of likely N-dealkylation sites (N-methyl/N-ethyl adjacent to an activating group) is 1. The number of pyridine rings is 1. The molecule has 4 heterocycles. The quantitative estimate of drug-likeness (QED) is 0.417. The Morgan fingerprint density at radius 1 is 1.35 bits per heavy atom. The first-order valence-corrected chi connectivity index (χ1v) is 12.3. The Kier molecular flexibility index (Phi) is 8.11. The number of hydrogen-bond donors (Lipinski definition) is 3. The van der Waals surface area contributed by atoms with Crippen molar-refractivity contribution in [3.8, 4) is 0 Å². The molecule has 1 aromatic heterocycles. The van der Waals surface area contributed by atoms with E-state index in [0.717, 1.165) is 0 Å². The van der Waals surface area contributed by atoms with Crippen LogP contribution in [0.1, 0.15) is 13.3 Å². The summed E-state index contributed by atoms with van der Waals surface area (Å²) in [5.74, 6) is -3.01. The predicted octanol–water partition coefficient (Wildman–Crippen LogP) is 0.295. The number of nitrogens with one attached hydrogen (secondary N) is 3. The number of rotatable bonds is 7. The van der Waals surface area contributed by atoms with Crippen LogP contribution in [0.25, 0.3) is 0 Å². The molecule has 204 valence electrons. The van der Waals surface area contributed by atoms with E-state index in [0.29, 0.717) is 29.6 Å². The van der Waals surface area contributed by atoms with Gasteiger partial charge in [0.25, 0.3) is 5.91 Å². The third-order valence-electron chi connectivity index (χ3n) is 6.69. The summed E-state index contributed by atoms with van der Waals surface area (Å²) in [7, 11) is 1.65. The number of carbonyl (C=O) groups is 3. The minimum absolute atomic E-state index is 0.0562. The van der Waals surface area contributed by atoms with Gasteiger partial charge in [0, 0.05) is 45.0 Å². The van der Waals surface area contributed by atoms with Gasteiger partial charge in [0.2, 0.25) is 11.8 Å². The average molecular weight is 548 g/mol. The van der Waals surface area contributed by atoms with Gasteiger partial charge in [-0.05, 0) is 13.0 Å². The minimum Gasteiger partial charge on any atom is -0.379 e. The van der Waals surface area contributed by atoms with E-state index in [1.165, 1.54) is 11.1 Å². The van der Waals surface area contributed by atoms with E-state index in [1.54, 1.807) is 24.9 Å². The molecule has 0 aromatic carbocycles. The van der Waals surface area contributed by atoms with Crippen LogP contribution in [0.5, 0.6) is 0 Å². The summed E-state index contributed by atoms with van der Waals surface area (Å²) in [5.41, 5.74) is 5.08. The lowest BCUT2D eigenvalue weighted by Crippen LogP contribution is -2.65. The Balaban J connectivity index is 1.24. The van der Waals surface area contributed by atoms with Gasteiger partial charge in [-0.25, -0.2) is 10.4 Å². The molecule has 4 rings (SSSR count). The molecule has 4 atom stereocenters. The highest BCUT2D eigenvalue weighted by Gasteiger charge is 2.51. The monoisotopic (exact) mass is 547 g/mol. The van der Waals surface area contributed by atoms with Gasteiger partial charge in [-0.15, -0.1) is 0 Å². The number of piperazine rings is 1. The number of alkyl halides is 3. The highest BCUT2D eigenvalue weighted by atomic mass is 35.5. The van der Waals surface area contributed by atoms with Crippen LogP contribution in [0.3, 0.4) is 0 Å². The van der Waals surface area contributed by atoms with Crippen molar-refractivity contribution in [1.82, 2.24) is 26.1 Å². The maximum atomic E-state index is 13.3. The van der Waals surface area contributed by atoms with Crippen LogP contribution >= 0.6 is 11.6 Å². The van der Waals surface area contributed by atoms with Crippen LogP contribution in [0.15, 0.2) is 12.3 Å². The molecule has 11 nitrogen and oxygen atoms in total. The van der Waals surface area contributed by atoms with E-state index in [4.69, 9.17) is 16.3 Å². The number of aromatic nitrogens is 1. The first-order chi connectivity index (χ1) is 17.5. The second-order valence-electron chi connectivity index (χ2n) is 9.33. The first-order valence-electron chi connectivity index (χ1n) is 11.9. The summed E-state index contributed by atoms with van der Waals surface area (Å²) < 4.78 is 45.3. The second-order valence-corrected chi connectivity index (χ2v) is 9.77. The average Bonchev–Trinajstić information content (AvgIpc) is 2.84. The molecule has 37 heavy (non-hydrogen) atoms. The van der Waals surface area contributed by atoms with E-state index in [1.807, 2.05) is 10.3 Å². The Morgan fingerprint density at radius 2 is 2.11 bits per heavy atom. The number of fused-ring (bicyclic) bond motifs is 3. The lowest BCUT2D eigenvalue weighted by Gasteiger charge is -2.46. The third-order valence-corrected chi connectivity index (χ3v) is 6.90. The van der Waals surface area contributed by atoms with Gasteiger partial charge < -0.3 is 24.8 Å². The first kappa shape index (κ1) is 27.4. The summed E-state index contributed by atoms with van der Waals surface area (Å²) in [4.78, 5) is 46.8. The second kappa shape index (κ2) is 11.0. The molecular formula is C22H29ClF3N7O4. The molecule has 2 unspecified atom stereocenters. The van der Waals surface area contributed by atoms with Crippen LogP contribution in [0.2, 0.25) is 5.02 Å². The van der Waals surface area contributed by atoms with Crippen LogP contribution in [0, 0.1) is 5.92 Å². The zero-order valence-electron chi connectivity index (χ0n) is 20.3. The van der Waals surface area contributed by atoms with Gasteiger partial charge in [0.05, 0.1) is 36.9 Å². The van der Waals surface area contributed by atoms with Gasteiger partial charge in [0.15, 0.2) is 11.7 Å². The number of ether oxygens (including phenoxy) is 1. The van der Waals surface area contributed by atoms with Crippen LogP contribution in [-0.4, -0.2) is 98.3 Å². The Morgan fingerprint density at radius 3 is 2.84 bits per heavy atom. The number of hydrogen-bond acceptors (Lipinski definition) is 8. The van der Waals surface area contributed by atoms with E-state index >= 15 is 0 Å². The molecule has 15 heteroatoms. The number of hydrazine groups is 1. The number of halogens is 4. The standard InChI is InChI=1S/C22H29ClF3N7O4/c1-12(29-14-9-28-30-20(35)18(14)22(24,25)26)11-37-6-3-17(34)32-4-5-33-16(10-32)21(36)31(2)15-7-13(23)8-27-19(15)33/h7-8,12,14,16,18,28-29H,3-6,9-11H2,1-2H3,(H,30,35)/t12-,14?,16-,18?/m1/s1. The zero-order chi connectivity index (χ0) is 26.9. The molecule has 0 spiro atoms. The number of carbonyl (C=O) groups excluding carboxylic acids is 3. The molecule has 0 saturated carbocycles. The highest BCUT2D eigenvalue weighted by molar-refractivity contribution is 6.31. The smallest absolute Gasteiger partial charge is 0.379 e. The van der Waals surface area contributed by atoms with Crippen molar-refractivity contribution in [2.24, 2.45) is 5.92 Å². The summed E-state index contributed by atoms with van der Waals surface area (Å²) in [5, 5.41) is 3.21. The fourth-order valence-corrected chi connectivity index (χ4v) is 5.01. The normalized spacial score (nSPS) is 24.9. The number of anilines is 2. The van der Waals surface area contributed by atoms with Gasteiger partial charge in [-0.1, -0.05) is 11.6 Å². The van der Waals surface area contributed by atoms with E-state index < -0.39 is 36.1 Å². The van der Waals surface area contributed by atoms with Crippen LogP contribution < -0.4 is 26.0 Å². The largest absolute Gasteiger partial charge is 0.402 e. The van der Waals surface area contributed by atoms with Crippen LogP contribution in [-0.2, 0) is 19.1 Å². The molecule has 3 N–H and O–H groups in total. The SMILES string of the molecule is C[C@H](COCCC(=O)N1CCN2c3ncc(Cl)cc3N(C)C(=O)[C@H]2C1)NC1CNNC(=O)C1C(F)(F)F. The van der Waals surface area contributed by atoms with Crippen molar-refractivity contribution < 1.29 is 32.3 Å². The molecule has 0 radical (unpaired) electrons. The Bertz CT molecular complexity index is 1050. The maximum Gasteiger partial charge on any atom is 0.402 e. The third kappa shape index (κ3) is 5.92. The Hall–Kier alpha value is -2.68. The maximum absolute atomic E-state index is 13.3. The summed E-state index contributed by atoms with van der Waals surface area (Å²) in [6.07, 6.45) is -3.10. The summed E-state index contributed by atoms with van der Waals surface area (Å²) in [6, 6.07) is -0.507. The summed E-state index contributed by atoms with van der Waals surface area (Å²) in [6.45, 7) is 2.73. The Labute approximate surface area is 216 Å². The number of amides is 3. The fourth-order valence-electron chi connectivity index (χ4n) is 4.86. The fraction of sp³-hybridized carbons (Fsp3) is 0.636. The number of nitrogens with zero attached hydrogens (tertiary/aromatic N) is 4. The van der Waals surface area contributed by atoms with Crippen molar-refractivity contribution in [1.29, 1.82) is 0 Å². The molecule has 3 aliphatic heterocycles. The van der Waals surface area contributed by atoms with E-state index in [9.17, 15) is 27.6 Å². The van der Waals surface area contributed by atoms with Crippen molar-refractivity contribution in [2.75, 3.05) is 56.2 Å². The lowest BCUT2D eigenvalue weighted by molar-refractivity contribution is -0.193. The van der Waals surface area contributed by atoms with Crippen molar-refractivity contribution in [3.63, 3.8) is 0 Å². The molecule has 2 fully saturated rings. The molecule has 3 amide bonds. The predicted molar refractivity (Wildman–Crippen MR) is 128 cm³/mol. The van der Waals surface area contributed by atoms with Gasteiger partial charge in [-0.3, -0.25) is 19.8 Å². The lowest BCUT2D eigenvalue weighted by atomic mass is 9.96. The van der Waals surface area contributed by atoms with Crippen LogP contribution in [0.4, 0.5) is 24.7 Å². The van der Waals surface area contributed by atoms with E-state index in [-0.39, 0.29) is 44.5 Å². The van der Waals surface area contributed by atoms with E-state index in [2.05, 4.69) is 15.7 Å². The van der Waals surface area contributed by atoms with Gasteiger partial charge >= 0.3 is 6.18 Å². The van der Waals surface area contributed by atoms with Crippen molar-refractivity contribution >= 4 is 40.8 Å². The molecule has 0 aliphatic carbocycles. The summed E-state index contributed by atoms with van der Waals surface area (Å²) >= 11 is 6.04.